The van der Waals surface area contributed by atoms with E-state index in [1.54, 1.807) is 0 Å². The number of alkyl halides is 5. The van der Waals surface area contributed by atoms with E-state index in [-0.39, 0.29) is 12.8 Å². The minimum absolute atomic E-state index is 0.105. The SMILES string of the molecule is CC(C)(C)C.CC(C)C.CC(C)CO.CC1CC1.CC1CCC(F)(F)CC1.CC1CCCC1.CC1CCCCC1.CC1CCOCC1.CCC(C)CC.CCC(F)(F)F. The van der Waals surface area contributed by atoms with Crippen molar-refractivity contribution >= 4 is 0 Å². The van der Waals surface area contributed by atoms with Crippen molar-refractivity contribution < 1.29 is 31.8 Å². The summed E-state index contributed by atoms with van der Waals surface area (Å²) in [5.41, 5.74) is 0.500. The zero-order valence-electron chi connectivity index (χ0n) is 43.1. The van der Waals surface area contributed by atoms with E-state index in [0.29, 0.717) is 36.7 Å². The van der Waals surface area contributed by atoms with Gasteiger partial charge in [-0.2, -0.15) is 13.2 Å². The molecule has 0 atom stereocenters. The van der Waals surface area contributed by atoms with E-state index in [0.717, 1.165) is 55.6 Å². The lowest BCUT2D eigenvalue weighted by Gasteiger charge is -2.25. The van der Waals surface area contributed by atoms with Crippen LogP contribution >= 0.6 is 0 Å². The van der Waals surface area contributed by atoms with Crippen molar-refractivity contribution in [1.82, 2.24) is 0 Å². The summed E-state index contributed by atoms with van der Waals surface area (Å²) in [6.07, 6.45) is 18.5. The van der Waals surface area contributed by atoms with Gasteiger partial charge in [0.25, 0.3) is 0 Å². The van der Waals surface area contributed by atoms with Gasteiger partial charge in [0.05, 0.1) is 0 Å². The highest BCUT2D eigenvalue weighted by atomic mass is 19.4. The summed E-state index contributed by atoms with van der Waals surface area (Å²) in [4.78, 5) is 0. The summed E-state index contributed by atoms with van der Waals surface area (Å²) < 4.78 is 62.2. The number of hydrogen-bond donors (Lipinski definition) is 1. The van der Waals surface area contributed by atoms with Crippen LogP contribution in [-0.2, 0) is 4.74 Å². The molecule has 0 aromatic carbocycles. The summed E-state index contributed by atoms with van der Waals surface area (Å²) in [5, 5.41) is 8.14. The minimum atomic E-state index is -3.96. The zero-order chi connectivity index (χ0) is 47.1. The third-order valence-corrected chi connectivity index (χ3v) is 10.1. The molecule has 1 heterocycles. The average Bonchev–Trinajstić information content (AvgIpc) is 3.78. The third kappa shape index (κ3) is 82.0. The van der Waals surface area contributed by atoms with Gasteiger partial charge in [0, 0.05) is 39.1 Å². The lowest BCUT2D eigenvalue weighted by atomic mass is 9.88. The molecule has 364 valence electrons. The fourth-order valence-corrected chi connectivity index (χ4v) is 4.89. The van der Waals surface area contributed by atoms with Gasteiger partial charge >= 0.3 is 6.18 Å². The summed E-state index contributed by atoms with van der Waals surface area (Å²) in [6, 6.07) is 0. The van der Waals surface area contributed by atoms with Gasteiger partial charge in [0.15, 0.2) is 0 Å². The van der Waals surface area contributed by atoms with E-state index in [9.17, 15) is 22.0 Å². The summed E-state index contributed by atoms with van der Waals surface area (Å²) in [7, 11) is 0. The van der Waals surface area contributed by atoms with Crippen molar-refractivity contribution in [2.75, 3.05) is 19.8 Å². The maximum absolute atomic E-state index is 12.4. The fourth-order valence-electron chi connectivity index (χ4n) is 4.89. The van der Waals surface area contributed by atoms with Gasteiger partial charge in [-0.25, -0.2) is 8.78 Å². The topological polar surface area (TPSA) is 29.5 Å². The molecule has 5 rings (SSSR count). The Balaban J connectivity index is -0.000000185. The van der Waals surface area contributed by atoms with Crippen LogP contribution in [-0.4, -0.2) is 37.0 Å². The molecule has 0 unspecified atom stereocenters. The van der Waals surface area contributed by atoms with Crippen molar-refractivity contribution in [3.63, 3.8) is 0 Å². The molecule has 1 saturated heterocycles. The third-order valence-electron chi connectivity index (χ3n) is 10.1. The molecule has 7 heteroatoms. The normalized spacial score (nSPS) is 19.4. The standard InChI is InChI=1S/C7H12F2.C7H14.C6H12O.C6H12.C6H14.C5H12.C4H10O.C4H8.C4H10.C3H5F3/c1-6-2-4-7(8,9)5-3-6;1-7-5-3-2-4-6-7;1-6-2-4-7-5-3-6;1-6-4-2-3-5-6;1-4-6(3)5-2;1-5(2,3)4;1-4(2)3-5;1-4-2-3-4;1-4(2)3;1-2-3(4,5)6/h6H,2-5H2,1H3;7H,2-6H2,1H3;6H,2-5H2,1H3;6H,2-5H2,1H3;6H,4-5H2,1-3H3;1-4H3;4-5H,3H2,1-2H3;4H,2-3H2,1H3;4H,1-3H3;2H2,1H3. The summed E-state index contributed by atoms with van der Waals surface area (Å²) >= 11 is 0. The summed E-state index contributed by atoms with van der Waals surface area (Å²) in [6.45, 7) is 40.6. The highest BCUT2D eigenvalue weighted by Crippen LogP contribution is 2.35. The molecule has 4 saturated carbocycles. The first-order valence-electron chi connectivity index (χ1n) is 24.7. The number of ether oxygens (including phenoxy) is 1. The van der Waals surface area contributed by atoms with Gasteiger partial charge < -0.3 is 9.84 Å². The molecule has 1 N–H and O–H groups in total. The molecule has 1 aliphatic heterocycles. The lowest BCUT2D eigenvalue weighted by Crippen LogP contribution is -2.23. The largest absolute Gasteiger partial charge is 0.396 e. The smallest absolute Gasteiger partial charge is 0.388 e. The Morgan fingerprint density at radius 2 is 0.797 bits per heavy atom. The zero-order valence-corrected chi connectivity index (χ0v) is 43.1. The maximum Gasteiger partial charge on any atom is 0.388 e. The molecule has 0 aromatic heterocycles. The fraction of sp³-hybridized carbons (Fsp3) is 1.00. The van der Waals surface area contributed by atoms with E-state index in [1.165, 1.54) is 96.3 Å². The Morgan fingerprint density at radius 3 is 0.915 bits per heavy atom. The number of aliphatic hydroxyl groups is 1. The van der Waals surface area contributed by atoms with Crippen LogP contribution in [0.25, 0.3) is 0 Å². The monoisotopic (exact) mass is 861 g/mol. The van der Waals surface area contributed by atoms with Gasteiger partial charge in [-0.3, -0.25) is 0 Å². The predicted octanol–water partition coefficient (Wildman–Crippen LogP) is 19.2. The van der Waals surface area contributed by atoms with Gasteiger partial charge in [-0.05, 0) is 78.4 Å². The van der Waals surface area contributed by atoms with Gasteiger partial charge in [-0.15, -0.1) is 0 Å². The van der Waals surface area contributed by atoms with Gasteiger partial charge in [0.1, 0.15) is 0 Å². The van der Waals surface area contributed by atoms with E-state index >= 15 is 0 Å². The van der Waals surface area contributed by atoms with Crippen LogP contribution in [0, 0.1) is 52.8 Å². The number of hydrogen-bond acceptors (Lipinski definition) is 2. The molecule has 0 radical (unpaired) electrons. The second kappa shape index (κ2) is 42.9. The van der Waals surface area contributed by atoms with E-state index < -0.39 is 18.5 Å². The molecule has 59 heavy (non-hydrogen) atoms. The Morgan fingerprint density at radius 1 is 0.542 bits per heavy atom. The molecule has 5 aliphatic rings. The van der Waals surface area contributed by atoms with Gasteiger partial charge in [-0.1, -0.05) is 208 Å². The molecule has 0 spiro atoms. The van der Waals surface area contributed by atoms with Crippen LogP contribution in [0.5, 0.6) is 0 Å². The van der Waals surface area contributed by atoms with Crippen LogP contribution in [0.3, 0.4) is 0 Å². The molecule has 2 nitrogen and oxygen atoms in total. The van der Waals surface area contributed by atoms with Crippen molar-refractivity contribution in [2.24, 2.45) is 52.8 Å². The molecule has 0 amide bonds. The quantitative estimate of drug-likeness (QED) is 0.287. The molecule has 0 bridgehead atoms. The van der Waals surface area contributed by atoms with Crippen LogP contribution in [0.1, 0.15) is 253 Å². The first kappa shape index (κ1) is 67.6. The van der Waals surface area contributed by atoms with E-state index in [2.05, 4.69) is 96.9 Å². The molecule has 0 aromatic rings. The second-order valence-electron chi connectivity index (χ2n) is 21.3. The Kier molecular flexibility index (Phi) is 49.1. The van der Waals surface area contributed by atoms with Crippen molar-refractivity contribution in [3.8, 4) is 0 Å². The highest BCUT2D eigenvalue weighted by molar-refractivity contribution is 4.75. The van der Waals surface area contributed by atoms with E-state index in [1.807, 2.05) is 20.8 Å². The Bertz CT molecular complexity index is 747. The van der Waals surface area contributed by atoms with Crippen LogP contribution < -0.4 is 0 Å². The van der Waals surface area contributed by atoms with Crippen molar-refractivity contribution in [2.45, 2.75) is 265 Å². The van der Waals surface area contributed by atoms with Crippen LogP contribution in [0.4, 0.5) is 22.0 Å². The molecule has 5 fully saturated rings. The predicted molar refractivity (Wildman–Crippen MR) is 254 cm³/mol. The number of rotatable bonds is 3. The number of aliphatic hydroxyl groups excluding tert-OH is 1. The minimum Gasteiger partial charge on any atom is -0.396 e. The average molecular weight is 861 g/mol. The van der Waals surface area contributed by atoms with Gasteiger partial charge in [0.2, 0.25) is 5.92 Å². The highest BCUT2D eigenvalue weighted by Gasteiger charge is 2.33. The Labute approximate surface area is 368 Å². The van der Waals surface area contributed by atoms with Crippen molar-refractivity contribution in [3.05, 3.63) is 0 Å². The first-order chi connectivity index (χ1) is 27.0. The lowest BCUT2D eigenvalue weighted by molar-refractivity contribution is -0.130. The van der Waals surface area contributed by atoms with Crippen LogP contribution in [0.15, 0.2) is 0 Å². The van der Waals surface area contributed by atoms with E-state index in [4.69, 9.17) is 9.84 Å². The molecule has 4 aliphatic carbocycles. The number of halogens is 5. The van der Waals surface area contributed by atoms with Crippen molar-refractivity contribution in [1.29, 1.82) is 0 Å². The van der Waals surface area contributed by atoms with Crippen LogP contribution in [0.2, 0.25) is 0 Å². The molecular formula is C52H109F5O2. The second-order valence-corrected chi connectivity index (χ2v) is 21.3. The first-order valence-corrected chi connectivity index (χ1v) is 24.7. The maximum atomic E-state index is 12.4. The summed E-state index contributed by atoms with van der Waals surface area (Å²) in [5.74, 6) is 4.46. The Hall–Kier alpha value is -0.430. The molecular weight excluding hydrogens is 752 g/mol.